The third-order valence-electron chi connectivity index (χ3n) is 3.44. The largest absolute Gasteiger partial charge is 0.273 e. The summed E-state index contributed by atoms with van der Waals surface area (Å²) < 4.78 is 1.11. The van der Waals surface area contributed by atoms with Crippen molar-refractivity contribution in [3.8, 4) is 0 Å². The van der Waals surface area contributed by atoms with E-state index >= 15 is 0 Å². The van der Waals surface area contributed by atoms with Gasteiger partial charge < -0.3 is 0 Å². The molecule has 1 amide bonds. The number of carbonyl (C=O) groups excluding carboxylic acids is 1. The Morgan fingerprint density at radius 1 is 1.22 bits per heavy atom. The van der Waals surface area contributed by atoms with Gasteiger partial charge in [0.25, 0.3) is 5.91 Å². The number of thiazole rings is 1. The second-order valence-corrected chi connectivity index (χ2v) is 7.17. The van der Waals surface area contributed by atoms with E-state index in [1.54, 1.807) is 17.8 Å². The van der Waals surface area contributed by atoms with Crippen molar-refractivity contribution in [1.29, 1.82) is 0 Å². The van der Waals surface area contributed by atoms with Gasteiger partial charge in [0, 0.05) is 10.5 Å². The Bertz CT molecular complexity index is 873. The second-order valence-electron chi connectivity index (χ2n) is 5.26. The topological polar surface area (TPSA) is 54.0 Å². The Morgan fingerprint density at radius 2 is 2.04 bits per heavy atom. The molecule has 118 valence electrons. The zero-order chi connectivity index (χ0) is 16.4. The number of hydrazine groups is 1. The van der Waals surface area contributed by atoms with Gasteiger partial charge >= 0.3 is 0 Å². The van der Waals surface area contributed by atoms with Crippen molar-refractivity contribution in [3.05, 3.63) is 53.1 Å². The third-order valence-corrected chi connectivity index (χ3v) is 5.09. The molecule has 3 rings (SSSR count). The van der Waals surface area contributed by atoms with Gasteiger partial charge in [-0.2, -0.15) is 0 Å². The molecule has 0 unspecified atom stereocenters. The maximum Gasteiger partial charge on any atom is 0.269 e. The van der Waals surface area contributed by atoms with Crippen molar-refractivity contribution in [2.24, 2.45) is 0 Å². The zero-order valence-electron chi connectivity index (χ0n) is 13.1. The molecular formula is C17H17N3OS2. The minimum atomic E-state index is -0.173. The summed E-state index contributed by atoms with van der Waals surface area (Å²) in [4.78, 5) is 17.8. The molecule has 0 aliphatic rings. The Morgan fingerprint density at radius 3 is 2.83 bits per heavy atom. The number of hydrogen-bond donors (Lipinski definition) is 2. The minimum Gasteiger partial charge on any atom is -0.273 e. The number of thioether (sulfide) groups is 1. The molecule has 0 fully saturated rings. The fraction of sp³-hybridized carbons (Fsp3) is 0.176. The average Bonchev–Trinajstić information content (AvgIpc) is 2.96. The first-order valence-electron chi connectivity index (χ1n) is 7.15. The smallest absolute Gasteiger partial charge is 0.269 e. The van der Waals surface area contributed by atoms with Crippen molar-refractivity contribution in [2.75, 3.05) is 11.7 Å². The number of nitrogens with zero attached hydrogens (tertiary/aromatic N) is 1. The van der Waals surface area contributed by atoms with E-state index in [4.69, 9.17) is 0 Å². The van der Waals surface area contributed by atoms with Gasteiger partial charge in [-0.25, -0.2) is 4.98 Å². The maximum atomic E-state index is 12.2. The van der Waals surface area contributed by atoms with Crippen LogP contribution in [0.3, 0.4) is 0 Å². The van der Waals surface area contributed by atoms with Crippen LogP contribution in [0.2, 0.25) is 0 Å². The summed E-state index contributed by atoms with van der Waals surface area (Å²) in [5, 5.41) is 0.683. The molecule has 0 saturated carbocycles. The van der Waals surface area contributed by atoms with Crippen LogP contribution in [0.25, 0.3) is 10.2 Å². The fourth-order valence-electron chi connectivity index (χ4n) is 2.37. The molecule has 2 N–H and O–H groups in total. The Balaban J connectivity index is 1.75. The Kier molecular flexibility index (Phi) is 4.54. The van der Waals surface area contributed by atoms with Crippen LogP contribution < -0.4 is 10.9 Å². The molecule has 4 nitrogen and oxygen atoms in total. The molecule has 0 aliphatic carbocycles. The van der Waals surface area contributed by atoms with Gasteiger partial charge in [0.05, 0.1) is 10.2 Å². The lowest BCUT2D eigenvalue weighted by atomic mass is 10.1. The molecule has 23 heavy (non-hydrogen) atoms. The van der Waals surface area contributed by atoms with Gasteiger partial charge in [-0.1, -0.05) is 23.5 Å². The van der Waals surface area contributed by atoms with E-state index in [9.17, 15) is 4.79 Å². The van der Waals surface area contributed by atoms with Crippen molar-refractivity contribution in [1.82, 2.24) is 10.4 Å². The first-order valence-corrected chi connectivity index (χ1v) is 9.19. The van der Waals surface area contributed by atoms with E-state index in [0.29, 0.717) is 10.7 Å². The highest BCUT2D eigenvalue weighted by Gasteiger charge is 2.09. The van der Waals surface area contributed by atoms with Gasteiger partial charge in [0.1, 0.15) is 0 Å². The van der Waals surface area contributed by atoms with Gasteiger partial charge in [0.15, 0.2) is 0 Å². The van der Waals surface area contributed by atoms with Crippen LogP contribution in [0, 0.1) is 13.8 Å². The molecule has 1 aromatic heterocycles. The van der Waals surface area contributed by atoms with Gasteiger partial charge in [-0.15, -0.1) is 11.8 Å². The van der Waals surface area contributed by atoms with Crippen LogP contribution in [-0.4, -0.2) is 17.1 Å². The van der Waals surface area contributed by atoms with E-state index in [-0.39, 0.29) is 5.91 Å². The lowest BCUT2D eigenvalue weighted by Gasteiger charge is -2.06. The number of amides is 1. The average molecular weight is 343 g/mol. The number of hydrogen-bond acceptors (Lipinski definition) is 5. The lowest BCUT2D eigenvalue weighted by Crippen LogP contribution is -2.29. The normalized spacial score (nSPS) is 10.7. The first-order chi connectivity index (χ1) is 11.1. The highest BCUT2D eigenvalue weighted by Crippen LogP contribution is 2.28. The number of nitrogens with one attached hydrogen (secondary N) is 2. The molecule has 0 atom stereocenters. The summed E-state index contributed by atoms with van der Waals surface area (Å²) in [5.41, 5.74) is 9.58. The number of aromatic nitrogens is 1. The van der Waals surface area contributed by atoms with Crippen molar-refractivity contribution >= 4 is 44.4 Å². The van der Waals surface area contributed by atoms with E-state index in [1.165, 1.54) is 16.9 Å². The molecule has 0 spiro atoms. The van der Waals surface area contributed by atoms with Crippen molar-refractivity contribution in [3.63, 3.8) is 0 Å². The number of benzene rings is 2. The summed E-state index contributed by atoms with van der Waals surface area (Å²) >= 11 is 3.14. The van der Waals surface area contributed by atoms with E-state index < -0.39 is 0 Å². The third kappa shape index (κ3) is 3.48. The number of rotatable bonds is 4. The monoisotopic (exact) mass is 343 g/mol. The summed E-state index contributed by atoms with van der Waals surface area (Å²) in [6, 6.07) is 11.7. The molecule has 6 heteroatoms. The fourth-order valence-corrected chi connectivity index (χ4v) is 3.83. The SMILES string of the molecule is CSc1cccc(C(=O)NNc2nc3c(C)cc(C)cc3s2)c1. The highest BCUT2D eigenvalue weighted by atomic mass is 32.2. The number of fused-ring (bicyclic) bond motifs is 1. The van der Waals surface area contributed by atoms with E-state index in [0.717, 1.165) is 20.7 Å². The van der Waals surface area contributed by atoms with Gasteiger partial charge in [-0.05, 0) is 55.5 Å². The Labute approximate surface area is 143 Å². The molecule has 1 heterocycles. The predicted molar refractivity (Wildman–Crippen MR) is 98.4 cm³/mol. The highest BCUT2D eigenvalue weighted by molar-refractivity contribution is 7.98. The molecule has 2 aromatic carbocycles. The van der Waals surface area contributed by atoms with Crippen molar-refractivity contribution in [2.45, 2.75) is 18.7 Å². The maximum absolute atomic E-state index is 12.2. The number of carbonyl (C=O) groups is 1. The predicted octanol–water partition coefficient (Wildman–Crippen LogP) is 4.39. The van der Waals surface area contributed by atoms with Crippen LogP contribution in [0.4, 0.5) is 5.13 Å². The van der Waals surface area contributed by atoms with Crippen LogP contribution >= 0.6 is 23.1 Å². The number of aryl methyl sites for hydroxylation is 2. The zero-order valence-corrected chi connectivity index (χ0v) is 14.8. The Hall–Kier alpha value is -2.05. The number of anilines is 1. The van der Waals surface area contributed by atoms with Gasteiger partial charge in [0.2, 0.25) is 5.13 Å². The van der Waals surface area contributed by atoms with E-state index in [1.807, 2.05) is 31.4 Å². The van der Waals surface area contributed by atoms with Crippen LogP contribution in [0.5, 0.6) is 0 Å². The molecule has 0 saturated heterocycles. The second kappa shape index (κ2) is 6.60. The molecule has 0 aliphatic heterocycles. The van der Waals surface area contributed by atoms with Crippen LogP contribution in [0.15, 0.2) is 41.3 Å². The van der Waals surface area contributed by atoms with Crippen molar-refractivity contribution < 1.29 is 4.79 Å². The first kappa shape index (κ1) is 15.8. The van der Waals surface area contributed by atoms with Crippen LogP contribution in [-0.2, 0) is 0 Å². The molecule has 0 bridgehead atoms. The minimum absolute atomic E-state index is 0.173. The molecule has 3 aromatic rings. The molecule has 0 radical (unpaired) electrons. The lowest BCUT2D eigenvalue weighted by molar-refractivity contribution is 0.0962. The van der Waals surface area contributed by atoms with Gasteiger partial charge in [-0.3, -0.25) is 15.6 Å². The summed E-state index contributed by atoms with van der Waals surface area (Å²) in [6.07, 6.45) is 1.99. The summed E-state index contributed by atoms with van der Waals surface area (Å²) in [6.45, 7) is 4.12. The molecular weight excluding hydrogens is 326 g/mol. The van der Waals surface area contributed by atoms with E-state index in [2.05, 4.69) is 34.9 Å². The summed E-state index contributed by atoms with van der Waals surface area (Å²) in [7, 11) is 0. The summed E-state index contributed by atoms with van der Waals surface area (Å²) in [5.74, 6) is -0.173. The standard InChI is InChI=1S/C17H17N3OS2/c1-10-7-11(2)15-14(8-10)23-17(18-15)20-19-16(21)12-5-4-6-13(9-12)22-3/h4-9H,1-3H3,(H,18,20)(H,19,21). The quantitative estimate of drug-likeness (QED) is 0.545. The van der Waals surface area contributed by atoms with Crippen LogP contribution in [0.1, 0.15) is 21.5 Å².